The van der Waals surface area contributed by atoms with Gasteiger partial charge in [0, 0.05) is 6.42 Å². The van der Waals surface area contributed by atoms with E-state index in [0.29, 0.717) is 10.6 Å². The molecule has 0 bridgehead atoms. The van der Waals surface area contributed by atoms with Gasteiger partial charge in [-0.05, 0) is 21.5 Å². The second-order valence-corrected chi connectivity index (χ2v) is 4.44. The first kappa shape index (κ1) is 8.90. The van der Waals surface area contributed by atoms with Crippen molar-refractivity contribution in [1.29, 1.82) is 0 Å². The molecular formula is C11H10BrN3O. The molecule has 0 amide bonds. The molecule has 2 atom stereocenters. The maximum absolute atomic E-state index is 10.0. The van der Waals surface area contributed by atoms with Gasteiger partial charge in [0.2, 0.25) is 4.73 Å². The van der Waals surface area contributed by atoms with Crippen LogP contribution < -0.4 is 0 Å². The molecule has 0 unspecified atom stereocenters. The molecule has 0 fully saturated rings. The summed E-state index contributed by atoms with van der Waals surface area (Å²) in [5, 5.41) is 14.2. The van der Waals surface area contributed by atoms with Gasteiger partial charge in [0.1, 0.15) is 6.08 Å². The van der Waals surface area contributed by atoms with Gasteiger partial charge in [-0.1, -0.05) is 30.3 Å². The number of aliphatic hydroxyl groups is 1. The number of fused-ring (bicyclic) bond motifs is 1. The average Bonchev–Trinajstić information content (AvgIpc) is 2.79. The largest absolute Gasteiger partial charge is 0.385 e. The zero-order chi connectivity index (χ0) is 12.0. The minimum absolute atomic E-state index is 0.132. The molecule has 0 saturated carbocycles. The Morgan fingerprint density at radius 1 is 1.44 bits per heavy atom. The summed E-state index contributed by atoms with van der Waals surface area (Å²) in [5.41, 5.74) is 1.02. The predicted octanol–water partition coefficient (Wildman–Crippen LogP) is 2.07. The summed E-state index contributed by atoms with van der Waals surface area (Å²) in [5.74, 6) is 0.290. The van der Waals surface area contributed by atoms with E-state index in [0.717, 1.165) is 5.56 Å². The third-order valence-electron chi connectivity index (χ3n) is 2.73. The Bertz CT molecular complexity index is 555. The van der Waals surface area contributed by atoms with E-state index in [4.69, 9.17) is 1.37 Å². The monoisotopic (exact) mass is 280 g/mol. The maximum atomic E-state index is 10.0. The molecule has 16 heavy (non-hydrogen) atoms. The van der Waals surface area contributed by atoms with Crippen LogP contribution in [0.15, 0.2) is 35.1 Å². The molecule has 1 aliphatic rings. The Morgan fingerprint density at radius 3 is 2.94 bits per heavy atom. The predicted molar refractivity (Wildman–Crippen MR) is 61.9 cm³/mol. The minimum atomic E-state index is -1.67. The van der Waals surface area contributed by atoms with Crippen molar-refractivity contribution in [3.8, 4) is 0 Å². The number of nitrogens with zero attached hydrogens (tertiary/aromatic N) is 3. The number of benzene rings is 1. The lowest BCUT2D eigenvalue weighted by molar-refractivity contribution is 0.172. The van der Waals surface area contributed by atoms with Gasteiger partial charge in [0.15, 0.2) is 5.82 Å². The molecule has 0 aliphatic carbocycles. The number of aromatic nitrogens is 3. The summed E-state index contributed by atoms with van der Waals surface area (Å²) in [4.78, 5) is 4.05. The van der Waals surface area contributed by atoms with Crippen LogP contribution in [0.2, 0.25) is 0 Å². The summed E-state index contributed by atoms with van der Waals surface area (Å²) in [6.07, 6.45) is -1.39. The minimum Gasteiger partial charge on any atom is -0.385 e. The van der Waals surface area contributed by atoms with Crippen molar-refractivity contribution in [1.82, 2.24) is 14.8 Å². The molecule has 0 spiro atoms. The zero-order valence-electron chi connectivity index (χ0n) is 9.34. The molecule has 0 radical (unpaired) electrons. The van der Waals surface area contributed by atoms with E-state index in [9.17, 15) is 5.11 Å². The SMILES string of the molecule is [2H][C@]1(O)C[C@@H](c2ccccc2)n2nc(Br)nc21. The lowest BCUT2D eigenvalue weighted by atomic mass is 10.0. The normalized spacial score (nSPS) is 28.9. The van der Waals surface area contributed by atoms with Crippen molar-refractivity contribution in [3.05, 3.63) is 46.5 Å². The van der Waals surface area contributed by atoms with Crippen molar-refractivity contribution in [2.45, 2.75) is 18.5 Å². The summed E-state index contributed by atoms with van der Waals surface area (Å²) in [6.45, 7) is 0. The van der Waals surface area contributed by atoms with Gasteiger partial charge >= 0.3 is 0 Å². The first-order chi connectivity index (χ1) is 8.08. The first-order valence-corrected chi connectivity index (χ1v) is 5.77. The Labute approximate surface area is 102 Å². The van der Waals surface area contributed by atoms with Gasteiger partial charge in [-0.25, -0.2) is 9.67 Å². The highest BCUT2D eigenvalue weighted by atomic mass is 79.9. The van der Waals surface area contributed by atoms with Crippen molar-refractivity contribution in [2.24, 2.45) is 0 Å². The van der Waals surface area contributed by atoms with E-state index in [-0.39, 0.29) is 12.5 Å². The molecule has 3 rings (SSSR count). The van der Waals surface area contributed by atoms with Gasteiger partial charge < -0.3 is 5.11 Å². The maximum Gasteiger partial charge on any atom is 0.217 e. The van der Waals surface area contributed by atoms with Crippen molar-refractivity contribution >= 4 is 15.9 Å². The molecule has 0 saturated heterocycles. The molecule has 2 heterocycles. The molecule has 1 N–H and O–H groups in total. The smallest absolute Gasteiger partial charge is 0.217 e. The Morgan fingerprint density at radius 2 is 2.19 bits per heavy atom. The Balaban J connectivity index is 2.11. The van der Waals surface area contributed by atoms with Crippen LogP contribution in [0.4, 0.5) is 0 Å². The fourth-order valence-corrected chi connectivity index (χ4v) is 2.35. The molecule has 5 heteroatoms. The second-order valence-electron chi connectivity index (χ2n) is 3.73. The third-order valence-corrected chi connectivity index (χ3v) is 3.07. The van der Waals surface area contributed by atoms with E-state index < -0.39 is 6.08 Å². The number of halogens is 1. The zero-order valence-corrected chi connectivity index (χ0v) is 9.92. The van der Waals surface area contributed by atoms with Gasteiger partial charge in [0.25, 0.3) is 0 Å². The summed E-state index contributed by atoms with van der Waals surface area (Å²) < 4.78 is 9.89. The molecule has 82 valence electrons. The molecular weight excluding hydrogens is 270 g/mol. The second kappa shape index (κ2) is 3.68. The van der Waals surface area contributed by atoms with Gasteiger partial charge in [0.05, 0.1) is 7.41 Å². The summed E-state index contributed by atoms with van der Waals surface area (Å²) >= 11 is 3.17. The van der Waals surface area contributed by atoms with E-state index >= 15 is 0 Å². The number of hydrogen-bond donors (Lipinski definition) is 1. The van der Waals surface area contributed by atoms with Crippen LogP contribution in [0, 0.1) is 0 Å². The highest BCUT2D eigenvalue weighted by molar-refractivity contribution is 9.10. The summed E-state index contributed by atoms with van der Waals surface area (Å²) in [6, 6.07) is 9.60. The fraction of sp³-hybridized carbons (Fsp3) is 0.273. The lowest BCUT2D eigenvalue weighted by Gasteiger charge is -2.11. The molecule has 4 nitrogen and oxygen atoms in total. The van der Waals surface area contributed by atoms with Crippen molar-refractivity contribution in [2.75, 3.05) is 0 Å². The highest BCUT2D eigenvalue weighted by Gasteiger charge is 2.33. The van der Waals surface area contributed by atoms with Crippen LogP contribution in [0.5, 0.6) is 0 Å². The fourth-order valence-electron chi connectivity index (χ4n) is 2.01. The quantitative estimate of drug-likeness (QED) is 0.870. The molecule has 1 aliphatic heterocycles. The van der Waals surface area contributed by atoms with Crippen LogP contribution in [-0.4, -0.2) is 19.9 Å². The van der Waals surface area contributed by atoms with Crippen LogP contribution in [0.3, 0.4) is 0 Å². The first-order valence-electron chi connectivity index (χ1n) is 5.48. The van der Waals surface area contributed by atoms with Crippen LogP contribution in [0.25, 0.3) is 0 Å². The number of hydrogen-bond acceptors (Lipinski definition) is 3. The molecule has 2 aromatic rings. The van der Waals surface area contributed by atoms with E-state index in [1.54, 1.807) is 4.68 Å². The van der Waals surface area contributed by atoms with Crippen LogP contribution in [-0.2, 0) is 0 Å². The topological polar surface area (TPSA) is 50.9 Å². The lowest BCUT2D eigenvalue weighted by Crippen LogP contribution is -2.07. The molecule has 1 aromatic heterocycles. The highest BCUT2D eigenvalue weighted by Crippen LogP contribution is 2.37. The van der Waals surface area contributed by atoms with E-state index in [1.165, 1.54) is 0 Å². The van der Waals surface area contributed by atoms with E-state index in [1.807, 2.05) is 30.3 Å². The van der Waals surface area contributed by atoms with Gasteiger partial charge in [-0.3, -0.25) is 0 Å². The Kier molecular flexibility index (Phi) is 2.04. The van der Waals surface area contributed by atoms with Crippen LogP contribution >= 0.6 is 15.9 Å². The van der Waals surface area contributed by atoms with E-state index in [2.05, 4.69) is 26.0 Å². The Hall–Kier alpha value is -1.20. The number of rotatable bonds is 1. The summed E-state index contributed by atoms with van der Waals surface area (Å²) in [7, 11) is 0. The average molecular weight is 281 g/mol. The van der Waals surface area contributed by atoms with Crippen LogP contribution in [0.1, 0.15) is 31.3 Å². The van der Waals surface area contributed by atoms with Gasteiger partial charge in [-0.15, -0.1) is 5.10 Å². The third kappa shape index (κ3) is 1.47. The van der Waals surface area contributed by atoms with Crippen molar-refractivity contribution < 1.29 is 6.48 Å². The van der Waals surface area contributed by atoms with Gasteiger partial charge in [-0.2, -0.15) is 0 Å². The standard InChI is InChI=1S/C11H10BrN3O/c12-11-13-10-9(16)6-8(15(10)14-11)7-4-2-1-3-5-7/h1-5,8-9,16H,6H2/t8-,9-/m0/s1/i9D. The molecule has 1 aromatic carbocycles. The van der Waals surface area contributed by atoms with Crippen molar-refractivity contribution in [3.63, 3.8) is 0 Å².